The maximum absolute atomic E-state index is 10.8. The van der Waals surface area contributed by atoms with Gasteiger partial charge in [0, 0.05) is 25.0 Å². The molecule has 0 aliphatic carbocycles. The molecule has 0 saturated heterocycles. The highest BCUT2D eigenvalue weighted by molar-refractivity contribution is 5.70. The molecule has 0 aliphatic heterocycles. The molecular formula is C11H15N5O2. The fraction of sp³-hybridized carbons (Fsp3) is 0.455. The molecule has 2 aromatic heterocycles. The quantitative estimate of drug-likeness (QED) is 0.844. The molecule has 0 amide bonds. The summed E-state index contributed by atoms with van der Waals surface area (Å²) in [6.45, 7) is 4.48. The van der Waals surface area contributed by atoms with Gasteiger partial charge < -0.3 is 10.0 Å². The van der Waals surface area contributed by atoms with E-state index in [0.717, 1.165) is 0 Å². The molecule has 0 bridgehead atoms. The molecule has 1 atom stereocenters. The van der Waals surface area contributed by atoms with Crippen LogP contribution in [0.2, 0.25) is 0 Å². The molecule has 7 nitrogen and oxygen atoms in total. The van der Waals surface area contributed by atoms with Gasteiger partial charge in [-0.3, -0.25) is 9.20 Å². The number of aliphatic carboxylic acids is 1. The van der Waals surface area contributed by atoms with E-state index in [4.69, 9.17) is 5.11 Å². The standard InChI is InChI=1S/C11H15N5O2/c1-3-16(8(2)6-9(17)18)10-11-14-13-7-15(11)5-4-12-10/h4-5,7-8H,3,6H2,1-2H3,(H,17,18). The van der Waals surface area contributed by atoms with Crippen molar-refractivity contribution < 1.29 is 9.90 Å². The zero-order valence-electron chi connectivity index (χ0n) is 10.3. The Morgan fingerprint density at radius 2 is 2.39 bits per heavy atom. The predicted molar refractivity (Wildman–Crippen MR) is 65.5 cm³/mol. The van der Waals surface area contributed by atoms with E-state index >= 15 is 0 Å². The Hall–Kier alpha value is -2.18. The van der Waals surface area contributed by atoms with Gasteiger partial charge in [0.1, 0.15) is 6.33 Å². The first-order valence-corrected chi connectivity index (χ1v) is 5.76. The summed E-state index contributed by atoms with van der Waals surface area (Å²) < 4.78 is 1.76. The van der Waals surface area contributed by atoms with E-state index in [1.807, 2.05) is 18.7 Å². The molecule has 0 aliphatic rings. The normalized spacial score (nSPS) is 12.6. The number of hydrogen-bond donors (Lipinski definition) is 1. The van der Waals surface area contributed by atoms with Crippen LogP contribution in [0.1, 0.15) is 20.3 Å². The van der Waals surface area contributed by atoms with Gasteiger partial charge in [-0.05, 0) is 13.8 Å². The topological polar surface area (TPSA) is 83.6 Å². The molecule has 2 rings (SSSR count). The second-order valence-corrected chi connectivity index (χ2v) is 4.05. The summed E-state index contributed by atoms with van der Waals surface area (Å²) in [5.74, 6) is -0.166. The van der Waals surface area contributed by atoms with Crippen LogP contribution in [0, 0.1) is 0 Å². The van der Waals surface area contributed by atoms with E-state index in [1.165, 1.54) is 0 Å². The van der Waals surface area contributed by atoms with E-state index in [1.54, 1.807) is 23.1 Å². The van der Waals surface area contributed by atoms with E-state index in [2.05, 4.69) is 15.2 Å². The molecule has 0 spiro atoms. The maximum Gasteiger partial charge on any atom is 0.305 e. The van der Waals surface area contributed by atoms with E-state index < -0.39 is 5.97 Å². The second kappa shape index (κ2) is 4.99. The monoisotopic (exact) mass is 249 g/mol. The fourth-order valence-corrected chi connectivity index (χ4v) is 1.98. The number of carboxylic acids is 1. The van der Waals surface area contributed by atoms with Gasteiger partial charge in [0.25, 0.3) is 0 Å². The van der Waals surface area contributed by atoms with E-state index in [0.29, 0.717) is 18.0 Å². The van der Waals surface area contributed by atoms with Crippen molar-refractivity contribution in [3.8, 4) is 0 Å². The lowest BCUT2D eigenvalue weighted by atomic mass is 10.2. The third-order valence-corrected chi connectivity index (χ3v) is 2.81. The Balaban J connectivity index is 2.37. The molecule has 7 heteroatoms. The molecule has 1 N–H and O–H groups in total. The van der Waals surface area contributed by atoms with Crippen molar-refractivity contribution in [2.24, 2.45) is 0 Å². The number of carboxylic acid groups (broad SMARTS) is 1. The van der Waals surface area contributed by atoms with Gasteiger partial charge in [-0.1, -0.05) is 0 Å². The lowest BCUT2D eigenvalue weighted by molar-refractivity contribution is -0.137. The van der Waals surface area contributed by atoms with Gasteiger partial charge in [-0.15, -0.1) is 10.2 Å². The van der Waals surface area contributed by atoms with Gasteiger partial charge in [-0.2, -0.15) is 0 Å². The average Bonchev–Trinajstić information content (AvgIpc) is 2.77. The molecule has 0 radical (unpaired) electrons. The van der Waals surface area contributed by atoms with Crippen molar-refractivity contribution in [3.05, 3.63) is 18.7 Å². The van der Waals surface area contributed by atoms with Gasteiger partial charge in [0.2, 0.25) is 5.65 Å². The number of fused-ring (bicyclic) bond motifs is 1. The highest BCUT2D eigenvalue weighted by Gasteiger charge is 2.20. The van der Waals surface area contributed by atoms with E-state index in [-0.39, 0.29) is 12.5 Å². The third-order valence-electron chi connectivity index (χ3n) is 2.81. The van der Waals surface area contributed by atoms with Crippen molar-refractivity contribution in [2.45, 2.75) is 26.3 Å². The Bertz CT molecular complexity index is 553. The van der Waals surface area contributed by atoms with Crippen LogP contribution >= 0.6 is 0 Å². The minimum atomic E-state index is -0.825. The Labute approximate surface area is 104 Å². The predicted octanol–water partition coefficient (Wildman–Crippen LogP) is 0.814. The van der Waals surface area contributed by atoms with Gasteiger partial charge in [0.15, 0.2) is 5.82 Å². The first-order valence-electron chi connectivity index (χ1n) is 5.76. The Morgan fingerprint density at radius 1 is 1.61 bits per heavy atom. The summed E-state index contributed by atoms with van der Waals surface area (Å²) in [4.78, 5) is 17.0. The lowest BCUT2D eigenvalue weighted by Gasteiger charge is -2.27. The number of anilines is 1. The van der Waals surface area contributed by atoms with Gasteiger partial charge >= 0.3 is 5.97 Å². The molecular weight excluding hydrogens is 234 g/mol. The number of carbonyl (C=O) groups is 1. The smallest absolute Gasteiger partial charge is 0.305 e. The fourth-order valence-electron chi connectivity index (χ4n) is 1.98. The molecule has 1 unspecified atom stereocenters. The van der Waals surface area contributed by atoms with Crippen LogP contribution in [0.15, 0.2) is 18.7 Å². The minimum Gasteiger partial charge on any atom is -0.481 e. The molecule has 2 aromatic rings. The zero-order valence-corrected chi connectivity index (χ0v) is 10.3. The maximum atomic E-state index is 10.8. The molecule has 2 heterocycles. The van der Waals surface area contributed by atoms with Crippen LogP contribution < -0.4 is 4.90 Å². The summed E-state index contributed by atoms with van der Waals surface area (Å²) >= 11 is 0. The van der Waals surface area contributed by atoms with Crippen molar-refractivity contribution in [3.63, 3.8) is 0 Å². The van der Waals surface area contributed by atoms with Crippen LogP contribution in [0.4, 0.5) is 5.82 Å². The van der Waals surface area contributed by atoms with Crippen molar-refractivity contribution >= 4 is 17.4 Å². The molecule has 0 aromatic carbocycles. The molecule has 96 valence electrons. The van der Waals surface area contributed by atoms with Crippen LogP contribution in [0.5, 0.6) is 0 Å². The third kappa shape index (κ3) is 2.24. The minimum absolute atomic E-state index is 0.0602. The Kier molecular flexibility index (Phi) is 3.40. The molecule has 0 saturated carbocycles. The van der Waals surface area contributed by atoms with Crippen LogP contribution in [0.25, 0.3) is 5.65 Å². The number of aromatic nitrogens is 4. The van der Waals surface area contributed by atoms with Crippen LogP contribution in [0.3, 0.4) is 0 Å². The summed E-state index contributed by atoms with van der Waals surface area (Å²) in [5.41, 5.74) is 0.636. The summed E-state index contributed by atoms with van der Waals surface area (Å²) in [6, 6.07) is -0.150. The number of hydrogen-bond acceptors (Lipinski definition) is 5. The largest absolute Gasteiger partial charge is 0.481 e. The van der Waals surface area contributed by atoms with Gasteiger partial charge in [0.05, 0.1) is 6.42 Å². The second-order valence-electron chi connectivity index (χ2n) is 4.05. The Morgan fingerprint density at radius 3 is 3.06 bits per heavy atom. The summed E-state index contributed by atoms with van der Waals surface area (Å²) in [7, 11) is 0. The SMILES string of the molecule is CCN(c1nccn2cnnc12)C(C)CC(=O)O. The van der Waals surface area contributed by atoms with E-state index in [9.17, 15) is 4.79 Å². The highest BCUT2D eigenvalue weighted by Crippen LogP contribution is 2.19. The number of nitrogens with zero attached hydrogens (tertiary/aromatic N) is 5. The van der Waals surface area contributed by atoms with Crippen LogP contribution in [-0.2, 0) is 4.79 Å². The average molecular weight is 249 g/mol. The first kappa shape index (κ1) is 12.3. The van der Waals surface area contributed by atoms with Crippen molar-refractivity contribution in [2.75, 3.05) is 11.4 Å². The first-order chi connectivity index (χ1) is 8.63. The summed E-state index contributed by atoms with van der Waals surface area (Å²) in [5, 5.41) is 16.7. The van der Waals surface area contributed by atoms with Crippen LogP contribution in [-0.4, -0.2) is 43.2 Å². The lowest BCUT2D eigenvalue weighted by Crippen LogP contribution is -2.35. The highest BCUT2D eigenvalue weighted by atomic mass is 16.4. The van der Waals surface area contributed by atoms with Gasteiger partial charge in [-0.25, -0.2) is 4.98 Å². The molecule has 0 fully saturated rings. The zero-order chi connectivity index (χ0) is 13.1. The number of rotatable bonds is 5. The van der Waals surface area contributed by atoms with Crippen molar-refractivity contribution in [1.29, 1.82) is 0 Å². The van der Waals surface area contributed by atoms with Crippen molar-refractivity contribution in [1.82, 2.24) is 19.6 Å². The summed E-state index contributed by atoms with van der Waals surface area (Å²) in [6.07, 6.45) is 5.07. The molecule has 18 heavy (non-hydrogen) atoms.